The molecular formula is C18H13Cl2N3OS. The molecule has 1 fully saturated rings. The number of hydrogen-bond donors (Lipinski definition) is 0. The predicted octanol–water partition coefficient (Wildman–Crippen LogP) is 4.48. The molecule has 25 heavy (non-hydrogen) atoms. The molecule has 1 amide bonds. The normalized spacial score (nSPS) is 19.8. The molecule has 0 aliphatic carbocycles. The number of carbonyl (C=O) groups is 1. The molecule has 0 radical (unpaired) electrons. The molecule has 2 heterocycles. The summed E-state index contributed by atoms with van der Waals surface area (Å²) in [5, 5.41) is 9.77. The molecule has 0 bridgehead atoms. The van der Waals surface area contributed by atoms with Crippen LogP contribution in [0.25, 0.3) is 0 Å². The van der Waals surface area contributed by atoms with E-state index in [1.807, 2.05) is 48.5 Å². The van der Waals surface area contributed by atoms with Gasteiger partial charge in [-0.15, -0.1) is 21.8 Å². The lowest BCUT2D eigenvalue weighted by molar-refractivity contribution is -0.123. The van der Waals surface area contributed by atoms with E-state index in [0.717, 1.165) is 16.1 Å². The van der Waals surface area contributed by atoms with E-state index in [4.69, 9.17) is 23.2 Å². The fourth-order valence-electron chi connectivity index (χ4n) is 2.86. The topological polar surface area (TPSA) is 46.1 Å². The zero-order chi connectivity index (χ0) is 17.4. The van der Waals surface area contributed by atoms with E-state index in [1.54, 1.807) is 11.0 Å². The zero-order valence-corrected chi connectivity index (χ0v) is 15.3. The van der Waals surface area contributed by atoms with E-state index in [-0.39, 0.29) is 11.9 Å². The van der Waals surface area contributed by atoms with Crippen LogP contribution >= 0.6 is 34.5 Å². The van der Waals surface area contributed by atoms with Gasteiger partial charge in [0.2, 0.25) is 11.0 Å². The highest BCUT2D eigenvalue weighted by Gasteiger charge is 2.50. The zero-order valence-electron chi connectivity index (χ0n) is 13.0. The Hall–Kier alpha value is -1.95. The molecule has 126 valence electrons. The molecule has 1 aliphatic rings. The summed E-state index contributed by atoms with van der Waals surface area (Å²) in [6.07, 6.45) is 0.682. The maximum atomic E-state index is 12.3. The number of aromatic nitrogens is 2. The largest absolute Gasteiger partial charge is 0.276 e. The SMILES string of the molecule is O=C1C(Cl)C(c2ccccc2Cl)N1c1nnc(Cc2ccccc2)s1. The predicted molar refractivity (Wildman–Crippen MR) is 100 cm³/mol. The van der Waals surface area contributed by atoms with E-state index in [0.29, 0.717) is 16.6 Å². The molecule has 2 unspecified atom stereocenters. The van der Waals surface area contributed by atoms with Crippen molar-refractivity contribution in [1.82, 2.24) is 10.2 Å². The average Bonchev–Trinajstić information content (AvgIpc) is 3.08. The smallest absolute Gasteiger partial charge is 0.250 e. The molecule has 2 atom stereocenters. The molecule has 3 aromatic rings. The van der Waals surface area contributed by atoms with Crippen LogP contribution < -0.4 is 4.90 Å². The summed E-state index contributed by atoms with van der Waals surface area (Å²) in [6.45, 7) is 0. The Balaban J connectivity index is 1.60. The number of amides is 1. The number of halogens is 2. The first-order chi connectivity index (χ1) is 12.1. The van der Waals surface area contributed by atoms with Gasteiger partial charge in [0, 0.05) is 11.4 Å². The molecule has 2 aromatic carbocycles. The lowest BCUT2D eigenvalue weighted by atomic mass is 9.94. The number of β-lactam (4-membered cyclic amide) rings is 1. The van der Waals surface area contributed by atoms with Crippen molar-refractivity contribution in [1.29, 1.82) is 0 Å². The summed E-state index contributed by atoms with van der Waals surface area (Å²) in [7, 11) is 0. The first-order valence-corrected chi connectivity index (χ1v) is 9.36. The van der Waals surface area contributed by atoms with Crippen molar-refractivity contribution in [3.63, 3.8) is 0 Å². The van der Waals surface area contributed by atoms with Crippen LogP contribution in [0.1, 0.15) is 22.2 Å². The highest BCUT2D eigenvalue weighted by atomic mass is 35.5. The van der Waals surface area contributed by atoms with Crippen LogP contribution in [0.15, 0.2) is 54.6 Å². The number of alkyl halides is 1. The maximum Gasteiger partial charge on any atom is 0.250 e. The fraction of sp³-hybridized carbons (Fsp3) is 0.167. The van der Waals surface area contributed by atoms with Crippen LogP contribution in [0.4, 0.5) is 5.13 Å². The summed E-state index contributed by atoms with van der Waals surface area (Å²) < 4.78 is 0. The molecule has 1 aromatic heterocycles. The molecule has 4 rings (SSSR count). The van der Waals surface area contributed by atoms with Crippen molar-refractivity contribution in [2.45, 2.75) is 17.8 Å². The first-order valence-electron chi connectivity index (χ1n) is 7.73. The van der Waals surface area contributed by atoms with Crippen molar-refractivity contribution in [2.75, 3.05) is 4.90 Å². The Morgan fingerprint density at radius 1 is 1.04 bits per heavy atom. The Bertz CT molecular complexity index is 915. The third kappa shape index (κ3) is 3.03. The van der Waals surface area contributed by atoms with Crippen LogP contribution in [-0.4, -0.2) is 21.5 Å². The van der Waals surface area contributed by atoms with E-state index < -0.39 is 5.38 Å². The van der Waals surface area contributed by atoms with Gasteiger partial charge in [0.25, 0.3) is 0 Å². The van der Waals surface area contributed by atoms with Gasteiger partial charge < -0.3 is 0 Å². The van der Waals surface area contributed by atoms with E-state index in [1.165, 1.54) is 11.3 Å². The molecule has 0 N–H and O–H groups in total. The summed E-state index contributed by atoms with van der Waals surface area (Å²) >= 11 is 13.9. The standard InChI is InChI=1S/C18H13Cl2N3OS/c19-13-9-5-4-8-12(13)16-15(20)17(24)23(16)18-22-21-14(25-18)10-11-6-2-1-3-7-11/h1-9,15-16H,10H2. The van der Waals surface area contributed by atoms with Crippen molar-refractivity contribution in [2.24, 2.45) is 0 Å². The molecule has 0 spiro atoms. The number of hydrogen-bond acceptors (Lipinski definition) is 4. The van der Waals surface area contributed by atoms with Crippen LogP contribution in [0.3, 0.4) is 0 Å². The first kappa shape index (κ1) is 16.5. The maximum absolute atomic E-state index is 12.3. The molecule has 4 nitrogen and oxygen atoms in total. The van der Waals surface area contributed by atoms with Gasteiger partial charge in [0.05, 0.1) is 6.04 Å². The minimum absolute atomic E-state index is 0.172. The fourth-order valence-corrected chi connectivity index (χ4v) is 4.38. The third-order valence-corrected chi connectivity index (χ3v) is 5.81. The molecule has 1 saturated heterocycles. The quantitative estimate of drug-likeness (QED) is 0.488. The minimum Gasteiger partial charge on any atom is -0.276 e. The van der Waals surface area contributed by atoms with Crippen molar-refractivity contribution < 1.29 is 4.79 Å². The van der Waals surface area contributed by atoms with Crippen molar-refractivity contribution in [3.8, 4) is 0 Å². The number of anilines is 1. The Morgan fingerprint density at radius 2 is 1.76 bits per heavy atom. The third-order valence-electron chi connectivity index (χ3n) is 4.11. The molecule has 1 aliphatic heterocycles. The second kappa shape index (κ2) is 6.75. The minimum atomic E-state index is -0.638. The number of benzene rings is 2. The summed E-state index contributed by atoms with van der Waals surface area (Å²) in [5.41, 5.74) is 1.97. The number of carbonyl (C=O) groups excluding carboxylic acids is 1. The van der Waals surface area contributed by atoms with Crippen molar-refractivity contribution in [3.05, 3.63) is 75.8 Å². The van der Waals surface area contributed by atoms with Crippen molar-refractivity contribution >= 4 is 45.6 Å². The Kier molecular flexibility index (Phi) is 4.46. The summed E-state index contributed by atoms with van der Waals surface area (Å²) in [5.74, 6) is -0.172. The van der Waals surface area contributed by atoms with Gasteiger partial charge in [-0.05, 0) is 17.2 Å². The van der Waals surface area contributed by atoms with Gasteiger partial charge in [-0.2, -0.15) is 0 Å². The second-order valence-corrected chi connectivity index (χ2v) is 7.64. The molecular weight excluding hydrogens is 377 g/mol. The second-order valence-electron chi connectivity index (χ2n) is 5.72. The van der Waals surface area contributed by atoms with Crippen LogP contribution in [0.2, 0.25) is 5.02 Å². The average molecular weight is 390 g/mol. The van der Waals surface area contributed by atoms with E-state index in [9.17, 15) is 4.79 Å². The van der Waals surface area contributed by atoms with E-state index >= 15 is 0 Å². The van der Waals surface area contributed by atoms with Gasteiger partial charge >= 0.3 is 0 Å². The highest BCUT2D eigenvalue weighted by molar-refractivity contribution is 7.15. The van der Waals surface area contributed by atoms with Crippen LogP contribution in [0, 0.1) is 0 Å². The highest BCUT2D eigenvalue weighted by Crippen LogP contribution is 2.45. The van der Waals surface area contributed by atoms with Crippen LogP contribution in [0.5, 0.6) is 0 Å². The van der Waals surface area contributed by atoms with E-state index in [2.05, 4.69) is 10.2 Å². The number of rotatable bonds is 4. The van der Waals surface area contributed by atoms with Gasteiger partial charge in [0.15, 0.2) is 0 Å². The lowest BCUT2D eigenvalue weighted by Crippen LogP contribution is -2.56. The molecule has 0 saturated carbocycles. The number of nitrogens with zero attached hydrogens (tertiary/aromatic N) is 3. The lowest BCUT2D eigenvalue weighted by Gasteiger charge is -2.42. The van der Waals surface area contributed by atoms with Gasteiger partial charge in [0.1, 0.15) is 10.4 Å². The van der Waals surface area contributed by atoms with Gasteiger partial charge in [-0.1, -0.05) is 71.5 Å². The van der Waals surface area contributed by atoms with Crippen LogP contribution in [-0.2, 0) is 11.2 Å². The molecule has 7 heteroatoms. The Morgan fingerprint density at radius 3 is 2.52 bits per heavy atom. The van der Waals surface area contributed by atoms with Gasteiger partial charge in [-0.25, -0.2) is 0 Å². The summed E-state index contributed by atoms with van der Waals surface area (Å²) in [4.78, 5) is 13.9. The monoisotopic (exact) mass is 389 g/mol. The Labute approximate surface area is 159 Å². The summed E-state index contributed by atoms with van der Waals surface area (Å²) in [6, 6.07) is 17.1. The van der Waals surface area contributed by atoms with Gasteiger partial charge in [-0.3, -0.25) is 9.69 Å².